The van der Waals surface area contributed by atoms with Crippen molar-refractivity contribution in [2.24, 2.45) is 10.8 Å². The largest absolute Gasteiger partial charge is 0.422 e. The topological polar surface area (TPSA) is 84.9 Å². The summed E-state index contributed by atoms with van der Waals surface area (Å²) in [5, 5.41) is 3.00. The summed E-state index contributed by atoms with van der Waals surface area (Å²) < 4.78 is 11.3. The average molecular weight is 398 g/mol. The molecule has 0 radical (unpaired) electrons. The number of amides is 1. The third-order valence-electron chi connectivity index (χ3n) is 7.54. The molecule has 7 nitrogen and oxygen atoms in total. The summed E-state index contributed by atoms with van der Waals surface area (Å²) in [5.41, 5.74) is -2.27. The zero-order valence-corrected chi connectivity index (χ0v) is 17.2. The molecule has 4 aliphatic rings. The molecule has 2 spiro atoms. The summed E-state index contributed by atoms with van der Waals surface area (Å²) in [6, 6.07) is 7.09. The standard InChI is InChI=1S/C22H26N2O5/c1-19(2)21(17(26)28-20(3,4)29-18(21)27)15-11-7-8-12-24(15)22(19)13-9-5-6-10-14(13)23-16(22)25/h5-6,9-10,15H,7-8,11-12H2,1-4H3,(H,23,25). The maximum absolute atomic E-state index is 13.6. The smallest absolute Gasteiger partial charge is 0.329 e. The van der Waals surface area contributed by atoms with Crippen molar-refractivity contribution in [1.29, 1.82) is 0 Å². The number of para-hydroxylation sites is 1. The number of cyclic esters (lactones) is 2. The molecule has 5 rings (SSSR count). The Bertz CT molecular complexity index is 932. The second-order valence-corrected chi connectivity index (χ2v) is 9.53. The van der Waals surface area contributed by atoms with E-state index in [0.29, 0.717) is 13.0 Å². The Morgan fingerprint density at radius 1 is 1.00 bits per heavy atom. The van der Waals surface area contributed by atoms with E-state index in [9.17, 15) is 14.4 Å². The van der Waals surface area contributed by atoms with Crippen LogP contribution in [0.2, 0.25) is 0 Å². The van der Waals surface area contributed by atoms with E-state index in [1.54, 1.807) is 13.8 Å². The van der Waals surface area contributed by atoms with Crippen LogP contribution in [0.25, 0.3) is 0 Å². The van der Waals surface area contributed by atoms with Gasteiger partial charge in [0.1, 0.15) is 5.54 Å². The molecule has 154 valence electrons. The lowest BCUT2D eigenvalue weighted by molar-refractivity contribution is -0.260. The van der Waals surface area contributed by atoms with Gasteiger partial charge in [0.2, 0.25) is 5.91 Å². The molecule has 4 heterocycles. The van der Waals surface area contributed by atoms with Crippen LogP contribution >= 0.6 is 0 Å². The molecule has 29 heavy (non-hydrogen) atoms. The molecule has 1 amide bonds. The second-order valence-electron chi connectivity index (χ2n) is 9.53. The van der Waals surface area contributed by atoms with Gasteiger partial charge in [0.15, 0.2) is 5.41 Å². The van der Waals surface area contributed by atoms with Crippen LogP contribution < -0.4 is 5.32 Å². The first-order valence-electron chi connectivity index (χ1n) is 10.3. The highest BCUT2D eigenvalue weighted by Gasteiger charge is 2.83. The molecule has 0 bridgehead atoms. The number of piperidine rings is 1. The molecular weight excluding hydrogens is 372 g/mol. The average Bonchev–Trinajstić information content (AvgIpc) is 3.03. The van der Waals surface area contributed by atoms with E-state index in [1.807, 2.05) is 38.1 Å². The number of hydrogen-bond acceptors (Lipinski definition) is 6. The van der Waals surface area contributed by atoms with E-state index in [2.05, 4.69) is 10.2 Å². The minimum Gasteiger partial charge on any atom is -0.422 e. The van der Waals surface area contributed by atoms with Crippen LogP contribution in [-0.2, 0) is 29.4 Å². The highest BCUT2D eigenvalue weighted by molar-refractivity contribution is 6.12. The van der Waals surface area contributed by atoms with Crippen LogP contribution in [0.3, 0.4) is 0 Å². The van der Waals surface area contributed by atoms with E-state index in [1.165, 1.54) is 0 Å². The van der Waals surface area contributed by atoms with E-state index in [0.717, 1.165) is 24.1 Å². The van der Waals surface area contributed by atoms with E-state index >= 15 is 0 Å². The number of rotatable bonds is 0. The predicted molar refractivity (Wildman–Crippen MR) is 104 cm³/mol. The third kappa shape index (κ3) is 1.86. The molecule has 0 saturated carbocycles. The number of esters is 2. The lowest BCUT2D eigenvalue weighted by Gasteiger charge is -2.48. The molecule has 1 aromatic rings. The molecule has 1 aromatic carbocycles. The number of hydrogen-bond donors (Lipinski definition) is 1. The van der Waals surface area contributed by atoms with Crippen molar-refractivity contribution < 1.29 is 23.9 Å². The number of benzene rings is 1. The van der Waals surface area contributed by atoms with Crippen molar-refractivity contribution in [3.63, 3.8) is 0 Å². The number of carbonyl (C=O) groups is 3. The Kier molecular flexibility index (Phi) is 3.46. The third-order valence-corrected chi connectivity index (χ3v) is 7.54. The fraction of sp³-hybridized carbons (Fsp3) is 0.591. The molecule has 2 atom stereocenters. The zero-order chi connectivity index (χ0) is 20.8. The number of ether oxygens (including phenoxy) is 2. The van der Waals surface area contributed by atoms with Crippen molar-refractivity contribution in [1.82, 2.24) is 4.90 Å². The highest BCUT2D eigenvalue weighted by atomic mass is 16.7. The van der Waals surface area contributed by atoms with Crippen LogP contribution in [-0.4, -0.2) is 41.1 Å². The van der Waals surface area contributed by atoms with Gasteiger partial charge in [-0.2, -0.15) is 0 Å². The normalized spacial score (nSPS) is 33.8. The van der Waals surface area contributed by atoms with Crippen LogP contribution in [0.1, 0.15) is 52.5 Å². The van der Waals surface area contributed by atoms with Gasteiger partial charge >= 0.3 is 11.9 Å². The van der Waals surface area contributed by atoms with Crippen molar-refractivity contribution in [3.8, 4) is 0 Å². The molecule has 2 unspecified atom stereocenters. The first-order valence-corrected chi connectivity index (χ1v) is 10.3. The number of nitrogens with one attached hydrogen (secondary N) is 1. The number of carbonyl (C=O) groups excluding carboxylic acids is 3. The van der Waals surface area contributed by atoms with Gasteiger partial charge in [-0.25, -0.2) is 0 Å². The lowest BCUT2D eigenvalue weighted by Crippen LogP contribution is -2.64. The summed E-state index contributed by atoms with van der Waals surface area (Å²) in [4.78, 5) is 42.9. The summed E-state index contributed by atoms with van der Waals surface area (Å²) in [7, 11) is 0. The minimum absolute atomic E-state index is 0.196. The van der Waals surface area contributed by atoms with Gasteiger partial charge in [-0.3, -0.25) is 19.3 Å². The lowest BCUT2D eigenvalue weighted by atomic mass is 9.55. The number of nitrogens with zero attached hydrogens (tertiary/aromatic N) is 1. The van der Waals surface area contributed by atoms with Gasteiger partial charge < -0.3 is 14.8 Å². The van der Waals surface area contributed by atoms with Crippen molar-refractivity contribution >= 4 is 23.5 Å². The van der Waals surface area contributed by atoms with E-state index in [4.69, 9.17) is 9.47 Å². The summed E-state index contributed by atoms with van der Waals surface area (Å²) in [5.74, 6) is -2.69. The maximum Gasteiger partial charge on any atom is 0.329 e. The molecule has 0 aliphatic carbocycles. The van der Waals surface area contributed by atoms with Gasteiger partial charge in [0.25, 0.3) is 5.79 Å². The van der Waals surface area contributed by atoms with Crippen LogP contribution in [0.4, 0.5) is 5.69 Å². The van der Waals surface area contributed by atoms with Gasteiger partial charge in [0.05, 0.1) is 0 Å². The Labute approximate surface area is 169 Å². The summed E-state index contributed by atoms with van der Waals surface area (Å²) >= 11 is 0. The first kappa shape index (κ1) is 18.6. The number of fused-ring (bicyclic) bond motifs is 5. The van der Waals surface area contributed by atoms with Crippen molar-refractivity contribution in [2.75, 3.05) is 11.9 Å². The van der Waals surface area contributed by atoms with E-state index in [-0.39, 0.29) is 5.91 Å². The van der Waals surface area contributed by atoms with Crippen LogP contribution in [0.5, 0.6) is 0 Å². The highest BCUT2D eigenvalue weighted by Crippen LogP contribution is 2.69. The van der Waals surface area contributed by atoms with Crippen LogP contribution in [0, 0.1) is 10.8 Å². The molecule has 0 aromatic heterocycles. The molecular formula is C22H26N2O5. The molecule has 3 fully saturated rings. The fourth-order valence-electron chi connectivity index (χ4n) is 6.49. The molecule has 3 saturated heterocycles. The quantitative estimate of drug-likeness (QED) is 0.534. The van der Waals surface area contributed by atoms with Gasteiger partial charge in [0, 0.05) is 36.6 Å². The SMILES string of the molecule is CC1(C)OC(=O)C2(C(=O)O1)C1CCCCN1C1(C(=O)Nc3ccccc31)C2(C)C. The van der Waals surface area contributed by atoms with Gasteiger partial charge in [-0.1, -0.05) is 38.5 Å². The van der Waals surface area contributed by atoms with Gasteiger partial charge in [-0.15, -0.1) is 0 Å². The predicted octanol–water partition coefficient (Wildman–Crippen LogP) is 2.55. The van der Waals surface area contributed by atoms with Crippen molar-refractivity contribution in [2.45, 2.75) is 64.3 Å². The summed E-state index contributed by atoms with van der Waals surface area (Å²) in [6.45, 7) is 7.43. The first-order chi connectivity index (χ1) is 13.6. The Balaban J connectivity index is 1.82. The maximum atomic E-state index is 13.6. The van der Waals surface area contributed by atoms with E-state index < -0.39 is 40.1 Å². The second kappa shape index (κ2) is 5.39. The monoisotopic (exact) mass is 398 g/mol. The minimum atomic E-state index is -1.57. The Morgan fingerprint density at radius 2 is 1.66 bits per heavy atom. The molecule has 4 aliphatic heterocycles. The Hall–Kier alpha value is -2.41. The molecule has 7 heteroatoms. The van der Waals surface area contributed by atoms with Crippen LogP contribution in [0.15, 0.2) is 24.3 Å². The number of anilines is 1. The fourth-order valence-corrected chi connectivity index (χ4v) is 6.49. The summed E-state index contributed by atoms with van der Waals surface area (Å²) in [6.07, 6.45) is 2.41. The molecule has 1 N–H and O–H groups in total. The Morgan fingerprint density at radius 3 is 2.34 bits per heavy atom. The zero-order valence-electron chi connectivity index (χ0n) is 17.2. The van der Waals surface area contributed by atoms with Gasteiger partial charge in [-0.05, 0) is 25.5 Å². The van der Waals surface area contributed by atoms with Crippen molar-refractivity contribution in [3.05, 3.63) is 29.8 Å².